The summed E-state index contributed by atoms with van der Waals surface area (Å²) in [5.41, 5.74) is 0.979. The van der Waals surface area contributed by atoms with Crippen LogP contribution in [-0.2, 0) is 4.79 Å². The van der Waals surface area contributed by atoms with Gasteiger partial charge in [-0.1, -0.05) is 41.4 Å². The Morgan fingerprint density at radius 3 is 2.64 bits per heavy atom. The molecular weight excluding hydrogens is 365 g/mol. The van der Waals surface area contributed by atoms with Gasteiger partial charge in [-0.05, 0) is 36.8 Å². The number of hydrogen-bond donors (Lipinski definition) is 2. The molecule has 0 fully saturated rings. The molecule has 2 N–H and O–H groups in total. The van der Waals surface area contributed by atoms with E-state index in [1.54, 1.807) is 12.1 Å². The van der Waals surface area contributed by atoms with Gasteiger partial charge in [-0.2, -0.15) is 0 Å². The highest BCUT2D eigenvalue weighted by Crippen LogP contribution is 2.27. The maximum absolute atomic E-state index is 11.8. The van der Waals surface area contributed by atoms with Crippen molar-refractivity contribution in [3.05, 3.63) is 58.1 Å². The first kappa shape index (κ1) is 19.4. The lowest BCUT2D eigenvalue weighted by atomic mass is 10.2. The monoisotopic (exact) mass is 383 g/mol. The van der Waals surface area contributed by atoms with Gasteiger partial charge in [0.25, 0.3) is 5.91 Å². The van der Waals surface area contributed by atoms with Crippen LogP contribution >= 0.6 is 23.2 Å². The molecule has 0 saturated carbocycles. The molecule has 1 atom stereocenters. The van der Waals surface area contributed by atoms with Gasteiger partial charge in [0, 0.05) is 11.6 Å². The van der Waals surface area contributed by atoms with Crippen LogP contribution in [0.25, 0.3) is 0 Å². The molecule has 2 aromatic rings. The molecule has 0 aliphatic heterocycles. The van der Waals surface area contributed by atoms with Gasteiger partial charge in [-0.15, -0.1) is 0 Å². The molecule has 0 aliphatic carbocycles. The van der Waals surface area contributed by atoms with Crippen LogP contribution in [0.4, 0.5) is 0 Å². The molecule has 25 heavy (non-hydrogen) atoms. The maximum Gasteiger partial charge on any atom is 0.258 e. The molecular formula is C18H19Cl2NO4. The second-order valence-corrected chi connectivity index (χ2v) is 6.24. The van der Waals surface area contributed by atoms with Gasteiger partial charge in [0.05, 0.1) is 5.02 Å². The van der Waals surface area contributed by atoms with E-state index in [-0.39, 0.29) is 25.7 Å². The van der Waals surface area contributed by atoms with Gasteiger partial charge in [-0.3, -0.25) is 4.79 Å². The number of rotatable bonds is 8. The Bertz CT molecular complexity index is 724. The molecule has 1 amide bonds. The predicted octanol–water partition coefficient (Wildman–Crippen LogP) is 3.24. The van der Waals surface area contributed by atoms with Crippen LogP contribution in [0.2, 0.25) is 10.0 Å². The van der Waals surface area contributed by atoms with Crippen molar-refractivity contribution in [3.8, 4) is 11.5 Å². The van der Waals surface area contributed by atoms with Crippen LogP contribution in [0.5, 0.6) is 11.5 Å². The van der Waals surface area contributed by atoms with E-state index in [1.165, 1.54) is 6.07 Å². The smallest absolute Gasteiger partial charge is 0.258 e. The van der Waals surface area contributed by atoms with Crippen LogP contribution in [0.3, 0.4) is 0 Å². The summed E-state index contributed by atoms with van der Waals surface area (Å²) in [6, 6.07) is 12.2. The van der Waals surface area contributed by atoms with Gasteiger partial charge in [0.2, 0.25) is 0 Å². The number of para-hydroxylation sites is 1. The fourth-order valence-electron chi connectivity index (χ4n) is 1.98. The first-order valence-electron chi connectivity index (χ1n) is 7.66. The average molecular weight is 384 g/mol. The van der Waals surface area contributed by atoms with E-state index in [0.29, 0.717) is 21.5 Å². The lowest BCUT2D eigenvalue weighted by Crippen LogP contribution is -2.37. The number of benzene rings is 2. The minimum Gasteiger partial charge on any atom is -0.491 e. The number of aryl methyl sites for hydroxylation is 1. The fourth-order valence-corrected chi connectivity index (χ4v) is 2.44. The zero-order valence-corrected chi connectivity index (χ0v) is 15.2. The van der Waals surface area contributed by atoms with E-state index in [9.17, 15) is 9.90 Å². The van der Waals surface area contributed by atoms with Crippen molar-refractivity contribution < 1.29 is 19.4 Å². The number of halogens is 2. The lowest BCUT2D eigenvalue weighted by molar-refractivity contribution is -0.123. The number of aliphatic hydroxyl groups excluding tert-OH is 1. The van der Waals surface area contributed by atoms with Crippen LogP contribution in [0, 0.1) is 6.92 Å². The van der Waals surface area contributed by atoms with E-state index in [2.05, 4.69) is 5.32 Å². The van der Waals surface area contributed by atoms with E-state index in [4.69, 9.17) is 32.7 Å². The third kappa shape index (κ3) is 6.46. The quantitative estimate of drug-likeness (QED) is 0.734. The van der Waals surface area contributed by atoms with E-state index < -0.39 is 6.10 Å². The molecule has 0 bridgehead atoms. The molecule has 5 nitrogen and oxygen atoms in total. The highest BCUT2D eigenvalue weighted by atomic mass is 35.5. The van der Waals surface area contributed by atoms with Gasteiger partial charge >= 0.3 is 0 Å². The molecule has 0 saturated heterocycles. The maximum atomic E-state index is 11.8. The summed E-state index contributed by atoms with van der Waals surface area (Å²) in [6.45, 7) is 1.84. The average Bonchev–Trinajstić information content (AvgIpc) is 2.58. The topological polar surface area (TPSA) is 67.8 Å². The van der Waals surface area contributed by atoms with Crippen LogP contribution < -0.4 is 14.8 Å². The van der Waals surface area contributed by atoms with Crippen LogP contribution in [-0.4, -0.2) is 36.9 Å². The minimum absolute atomic E-state index is 0.0580. The predicted molar refractivity (Wildman–Crippen MR) is 97.6 cm³/mol. The van der Waals surface area contributed by atoms with Crippen molar-refractivity contribution >= 4 is 29.1 Å². The third-order valence-electron chi connectivity index (χ3n) is 3.31. The first-order valence-corrected chi connectivity index (χ1v) is 8.42. The van der Waals surface area contributed by atoms with Gasteiger partial charge in [-0.25, -0.2) is 0 Å². The Labute approximate surface area is 156 Å². The Morgan fingerprint density at radius 1 is 1.16 bits per heavy atom. The Kier molecular flexibility index (Phi) is 7.37. The summed E-state index contributed by atoms with van der Waals surface area (Å²) in [6.07, 6.45) is -0.831. The molecule has 0 spiro atoms. The van der Waals surface area contributed by atoms with Crippen molar-refractivity contribution in [1.82, 2.24) is 5.32 Å². The van der Waals surface area contributed by atoms with E-state index >= 15 is 0 Å². The molecule has 1 unspecified atom stereocenters. The minimum atomic E-state index is -0.831. The van der Waals surface area contributed by atoms with E-state index in [1.807, 2.05) is 31.2 Å². The molecule has 134 valence electrons. The summed E-state index contributed by atoms with van der Waals surface area (Å²) in [7, 11) is 0. The molecule has 0 aromatic heterocycles. The number of aliphatic hydroxyl groups is 1. The van der Waals surface area contributed by atoms with Crippen LogP contribution in [0.1, 0.15) is 5.56 Å². The highest BCUT2D eigenvalue weighted by molar-refractivity contribution is 6.35. The first-order chi connectivity index (χ1) is 12.0. The Hall–Kier alpha value is -1.95. The summed E-state index contributed by atoms with van der Waals surface area (Å²) in [4.78, 5) is 11.8. The van der Waals surface area contributed by atoms with Crippen molar-refractivity contribution in [3.63, 3.8) is 0 Å². The molecule has 2 rings (SSSR count). The molecule has 2 aromatic carbocycles. The molecule has 0 heterocycles. The van der Waals surface area contributed by atoms with Crippen molar-refractivity contribution in [1.29, 1.82) is 0 Å². The van der Waals surface area contributed by atoms with Gasteiger partial charge < -0.3 is 19.9 Å². The van der Waals surface area contributed by atoms with Crippen molar-refractivity contribution in [2.75, 3.05) is 19.8 Å². The zero-order chi connectivity index (χ0) is 18.2. The number of carbonyl (C=O) groups is 1. The summed E-state index contributed by atoms with van der Waals surface area (Å²) >= 11 is 11.7. The lowest BCUT2D eigenvalue weighted by Gasteiger charge is -2.15. The summed E-state index contributed by atoms with van der Waals surface area (Å²) in [5.74, 6) is 0.694. The standard InChI is InChI=1S/C18H19Cl2NO4/c1-12-4-2-3-5-16(12)24-10-14(22)9-21-18(23)11-25-17-7-6-13(19)8-15(17)20/h2-8,14,22H,9-11H2,1H3,(H,21,23). The highest BCUT2D eigenvalue weighted by Gasteiger charge is 2.10. The Morgan fingerprint density at radius 2 is 1.92 bits per heavy atom. The van der Waals surface area contributed by atoms with Gasteiger partial charge in [0.1, 0.15) is 24.2 Å². The SMILES string of the molecule is Cc1ccccc1OCC(O)CNC(=O)COc1ccc(Cl)cc1Cl. The third-order valence-corrected chi connectivity index (χ3v) is 3.84. The van der Waals surface area contributed by atoms with E-state index in [0.717, 1.165) is 5.56 Å². The number of carbonyl (C=O) groups excluding carboxylic acids is 1. The number of hydrogen-bond acceptors (Lipinski definition) is 4. The van der Waals surface area contributed by atoms with Crippen LogP contribution in [0.15, 0.2) is 42.5 Å². The van der Waals surface area contributed by atoms with Crippen molar-refractivity contribution in [2.45, 2.75) is 13.0 Å². The van der Waals surface area contributed by atoms with Crippen molar-refractivity contribution in [2.24, 2.45) is 0 Å². The normalized spacial score (nSPS) is 11.7. The number of amides is 1. The second-order valence-electron chi connectivity index (χ2n) is 5.40. The summed E-state index contributed by atoms with van der Waals surface area (Å²) < 4.78 is 10.8. The molecule has 7 heteroatoms. The Balaban J connectivity index is 1.69. The fraction of sp³-hybridized carbons (Fsp3) is 0.278. The number of ether oxygens (including phenoxy) is 2. The zero-order valence-electron chi connectivity index (χ0n) is 13.7. The molecule has 0 radical (unpaired) electrons. The van der Waals surface area contributed by atoms with Gasteiger partial charge in [0.15, 0.2) is 6.61 Å². The number of nitrogens with one attached hydrogen (secondary N) is 1. The largest absolute Gasteiger partial charge is 0.491 e. The second kappa shape index (κ2) is 9.51. The summed E-state index contributed by atoms with van der Waals surface area (Å²) in [5, 5.41) is 13.3. The molecule has 0 aliphatic rings.